The predicted molar refractivity (Wildman–Crippen MR) is 98.5 cm³/mol. The molecule has 0 unspecified atom stereocenters. The maximum absolute atomic E-state index is 5.77. The lowest BCUT2D eigenvalue weighted by atomic mass is 10.0. The van der Waals surface area contributed by atoms with Gasteiger partial charge in [0, 0.05) is 46.6 Å². The summed E-state index contributed by atoms with van der Waals surface area (Å²) in [4.78, 5) is 4.25. The molecule has 24 heavy (non-hydrogen) atoms. The molecule has 1 fully saturated rings. The molecule has 0 aliphatic carbocycles. The van der Waals surface area contributed by atoms with Crippen LogP contribution in [0.15, 0.2) is 35.3 Å². The fraction of sp³-hybridized carbons (Fsp3) is 0.632. The lowest BCUT2D eigenvalue weighted by Crippen LogP contribution is -2.39. The van der Waals surface area contributed by atoms with E-state index < -0.39 is 0 Å². The van der Waals surface area contributed by atoms with Crippen LogP contribution in [-0.2, 0) is 15.9 Å². The van der Waals surface area contributed by atoms with Gasteiger partial charge in [-0.2, -0.15) is 0 Å². The van der Waals surface area contributed by atoms with Crippen LogP contribution in [0, 0.1) is 5.92 Å². The molecule has 0 spiro atoms. The molecule has 1 aromatic carbocycles. The first-order chi connectivity index (χ1) is 11.9. The topological polar surface area (TPSA) is 54.9 Å². The minimum absolute atomic E-state index is 0.680. The Morgan fingerprint density at radius 2 is 1.92 bits per heavy atom. The number of rotatable bonds is 9. The van der Waals surface area contributed by atoms with Crippen LogP contribution in [0.4, 0.5) is 0 Å². The van der Waals surface area contributed by atoms with E-state index in [1.807, 2.05) is 6.07 Å². The normalized spacial score (nSPS) is 16.1. The summed E-state index contributed by atoms with van der Waals surface area (Å²) < 4.78 is 11.1. The SMILES string of the molecule is CN=C(NCCCOCC1CCOCC1)NCCc1ccccc1. The zero-order chi connectivity index (χ0) is 16.9. The van der Waals surface area contributed by atoms with Gasteiger partial charge >= 0.3 is 0 Å². The molecule has 0 saturated carbocycles. The number of nitrogens with zero attached hydrogens (tertiary/aromatic N) is 1. The summed E-state index contributed by atoms with van der Waals surface area (Å²) in [6.45, 7) is 5.20. The van der Waals surface area contributed by atoms with Crippen molar-refractivity contribution in [2.45, 2.75) is 25.7 Å². The summed E-state index contributed by atoms with van der Waals surface area (Å²) in [5.41, 5.74) is 1.34. The molecule has 2 N–H and O–H groups in total. The van der Waals surface area contributed by atoms with Gasteiger partial charge in [0.1, 0.15) is 0 Å². The van der Waals surface area contributed by atoms with Crippen molar-refractivity contribution in [3.63, 3.8) is 0 Å². The Hall–Kier alpha value is -1.59. The first-order valence-electron chi connectivity index (χ1n) is 9.02. The molecule has 1 aromatic rings. The fourth-order valence-corrected chi connectivity index (χ4v) is 2.73. The van der Waals surface area contributed by atoms with Crippen LogP contribution in [0.3, 0.4) is 0 Å². The molecular weight excluding hydrogens is 302 g/mol. The van der Waals surface area contributed by atoms with Gasteiger partial charge in [-0.1, -0.05) is 30.3 Å². The Labute approximate surface area is 145 Å². The Morgan fingerprint density at radius 1 is 1.17 bits per heavy atom. The Balaban J connectivity index is 1.47. The standard InChI is InChI=1S/C19H31N3O2/c1-20-19(22-12-8-17-6-3-2-4-7-17)21-11-5-13-24-16-18-9-14-23-15-10-18/h2-4,6-7,18H,5,8-16H2,1H3,(H2,20,21,22). The fourth-order valence-electron chi connectivity index (χ4n) is 2.73. The van der Waals surface area contributed by atoms with Crippen molar-refractivity contribution in [1.29, 1.82) is 0 Å². The first-order valence-corrected chi connectivity index (χ1v) is 9.02. The number of hydrogen-bond donors (Lipinski definition) is 2. The molecule has 1 heterocycles. The summed E-state index contributed by atoms with van der Waals surface area (Å²) in [6, 6.07) is 10.5. The van der Waals surface area contributed by atoms with E-state index in [0.717, 1.165) is 71.2 Å². The van der Waals surface area contributed by atoms with Crippen LogP contribution in [0.2, 0.25) is 0 Å². The number of aliphatic imine (C=N–C) groups is 1. The lowest BCUT2D eigenvalue weighted by Gasteiger charge is -2.21. The number of benzene rings is 1. The summed E-state index contributed by atoms with van der Waals surface area (Å²) in [6.07, 6.45) is 4.25. The molecule has 1 saturated heterocycles. The van der Waals surface area contributed by atoms with Gasteiger partial charge in [-0.15, -0.1) is 0 Å². The summed E-state index contributed by atoms with van der Waals surface area (Å²) in [5.74, 6) is 1.54. The molecule has 134 valence electrons. The molecule has 5 nitrogen and oxygen atoms in total. The van der Waals surface area contributed by atoms with E-state index in [4.69, 9.17) is 9.47 Å². The van der Waals surface area contributed by atoms with E-state index in [-0.39, 0.29) is 0 Å². The van der Waals surface area contributed by atoms with Crippen LogP contribution >= 0.6 is 0 Å². The van der Waals surface area contributed by atoms with Crippen molar-refractivity contribution < 1.29 is 9.47 Å². The van der Waals surface area contributed by atoms with Crippen molar-refractivity contribution in [3.05, 3.63) is 35.9 Å². The third kappa shape index (κ3) is 7.79. The quantitative estimate of drug-likeness (QED) is 0.413. The second-order valence-corrected chi connectivity index (χ2v) is 6.15. The number of hydrogen-bond acceptors (Lipinski definition) is 3. The highest BCUT2D eigenvalue weighted by Crippen LogP contribution is 2.14. The largest absolute Gasteiger partial charge is 0.381 e. The van der Waals surface area contributed by atoms with E-state index in [2.05, 4.69) is 39.9 Å². The van der Waals surface area contributed by atoms with Gasteiger partial charge in [0.05, 0.1) is 0 Å². The Kier molecular flexibility index (Phi) is 9.27. The van der Waals surface area contributed by atoms with Crippen LogP contribution < -0.4 is 10.6 Å². The van der Waals surface area contributed by atoms with E-state index in [0.29, 0.717) is 5.92 Å². The predicted octanol–water partition coefficient (Wildman–Crippen LogP) is 2.23. The zero-order valence-electron chi connectivity index (χ0n) is 14.8. The highest BCUT2D eigenvalue weighted by molar-refractivity contribution is 5.79. The van der Waals surface area contributed by atoms with Crippen LogP contribution in [-0.4, -0.2) is 52.5 Å². The highest BCUT2D eigenvalue weighted by Gasteiger charge is 2.13. The van der Waals surface area contributed by atoms with Gasteiger partial charge in [-0.25, -0.2) is 0 Å². The average Bonchev–Trinajstić information content (AvgIpc) is 2.64. The van der Waals surface area contributed by atoms with Crippen molar-refractivity contribution >= 4 is 5.96 Å². The minimum atomic E-state index is 0.680. The van der Waals surface area contributed by atoms with E-state index in [9.17, 15) is 0 Å². The summed E-state index contributed by atoms with van der Waals surface area (Å²) >= 11 is 0. The van der Waals surface area contributed by atoms with Crippen LogP contribution in [0.25, 0.3) is 0 Å². The van der Waals surface area contributed by atoms with Crippen LogP contribution in [0.5, 0.6) is 0 Å². The maximum Gasteiger partial charge on any atom is 0.190 e. The zero-order valence-corrected chi connectivity index (χ0v) is 14.8. The second kappa shape index (κ2) is 11.9. The van der Waals surface area contributed by atoms with Crippen molar-refractivity contribution in [2.24, 2.45) is 10.9 Å². The molecule has 0 radical (unpaired) electrons. The lowest BCUT2D eigenvalue weighted by molar-refractivity contribution is 0.0203. The smallest absolute Gasteiger partial charge is 0.190 e. The third-order valence-corrected chi connectivity index (χ3v) is 4.22. The second-order valence-electron chi connectivity index (χ2n) is 6.15. The Bertz CT molecular complexity index is 459. The maximum atomic E-state index is 5.77. The number of ether oxygens (including phenoxy) is 2. The number of nitrogens with one attached hydrogen (secondary N) is 2. The molecule has 0 bridgehead atoms. The van der Waals surface area contributed by atoms with E-state index in [1.54, 1.807) is 7.05 Å². The van der Waals surface area contributed by atoms with Gasteiger partial charge < -0.3 is 20.1 Å². The highest BCUT2D eigenvalue weighted by atomic mass is 16.5. The van der Waals surface area contributed by atoms with Crippen LogP contribution in [0.1, 0.15) is 24.8 Å². The first kappa shape index (κ1) is 18.7. The molecule has 5 heteroatoms. The molecule has 2 rings (SSSR count). The van der Waals surface area contributed by atoms with Crippen molar-refractivity contribution in [3.8, 4) is 0 Å². The minimum Gasteiger partial charge on any atom is -0.381 e. The molecule has 0 amide bonds. The monoisotopic (exact) mass is 333 g/mol. The van der Waals surface area contributed by atoms with Gasteiger partial charge in [-0.05, 0) is 37.2 Å². The van der Waals surface area contributed by atoms with E-state index in [1.165, 1.54) is 5.56 Å². The van der Waals surface area contributed by atoms with Gasteiger partial charge in [0.15, 0.2) is 5.96 Å². The number of guanidine groups is 1. The molecular formula is C19H31N3O2. The van der Waals surface area contributed by atoms with Gasteiger partial charge in [-0.3, -0.25) is 4.99 Å². The summed E-state index contributed by atoms with van der Waals surface area (Å²) in [5, 5.41) is 6.68. The van der Waals surface area contributed by atoms with E-state index >= 15 is 0 Å². The average molecular weight is 333 g/mol. The Morgan fingerprint density at radius 3 is 2.67 bits per heavy atom. The molecule has 1 aliphatic rings. The van der Waals surface area contributed by atoms with Crippen molar-refractivity contribution in [1.82, 2.24) is 10.6 Å². The summed E-state index contributed by atoms with van der Waals surface area (Å²) in [7, 11) is 1.81. The molecule has 1 aliphatic heterocycles. The van der Waals surface area contributed by atoms with Crippen molar-refractivity contribution in [2.75, 3.05) is 46.6 Å². The molecule has 0 atom stereocenters. The van der Waals surface area contributed by atoms with Gasteiger partial charge in [0.25, 0.3) is 0 Å². The molecule has 0 aromatic heterocycles. The third-order valence-electron chi connectivity index (χ3n) is 4.22. The van der Waals surface area contributed by atoms with Gasteiger partial charge in [0.2, 0.25) is 0 Å².